The van der Waals surface area contributed by atoms with Crippen LogP contribution < -0.4 is 10.5 Å². The standard InChI is InChI=1S/C12H13NO2S/c1-15-10-4-2-3-9(11(10)13)12(14)8-5-6-16-7-8/h2-7,12,14H,13H2,1H3. The predicted molar refractivity (Wildman–Crippen MR) is 65.8 cm³/mol. The van der Waals surface area contributed by atoms with Crippen molar-refractivity contribution in [3.63, 3.8) is 0 Å². The Morgan fingerprint density at radius 2 is 2.19 bits per heavy atom. The molecule has 0 aliphatic rings. The maximum atomic E-state index is 10.2. The summed E-state index contributed by atoms with van der Waals surface area (Å²) in [6, 6.07) is 7.29. The van der Waals surface area contributed by atoms with Crippen LogP contribution in [0.5, 0.6) is 5.75 Å². The SMILES string of the molecule is COc1cccc(C(O)c2ccsc2)c1N. The number of nitrogens with two attached hydrogens (primary N) is 1. The van der Waals surface area contributed by atoms with Crippen LogP contribution in [-0.2, 0) is 0 Å². The summed E-state index contributed by atoms with van der Waals surface area (Å²) < 4.78 is 5.12. The molecule has 1 aromatic carbocycles. The van der Waals surface area contributed by atoms with Gasteiger partial charge >= 0.3 is 0 Å². The first-order valence-corrected chi connectivity index (χ1v) is 5.81. The molecule has 0 saturated heterocycles. The van der Waals surface area contributed by atoms with Crippen LogP contribution in [-0.4, -0.2) is 12.2 Å². The normalized spacial score (nSPS) is 12.4. The van der Waals surface area contributed by atoms with E-state index in [1.807, 2.05) is 22.9 Å². The van der Waals surface area contributed by atoms with E-state index in [1.165, 1.54) is 0 Å². The zero-order valence-electron chi connectivity index (χ0n) is 8.88. The third-order valence-corrected chi connectivity index (χ3v) is 3.17. The Labute approximate surface area is 98.1 Å². The topological polar surface area (TPSA) is 55.5 Å². The van der Waals surface area contributed by atoms with Crippen molar-refractivity contribution in [2.75, 3.05) is 12.8 Å². The molecule has 4 heteroatoms. The molecule has 1 aromatic heterocycles. The van der Waals surface area contributed by atoms with Crippen LogP contribution in [0.1, 0.15) is 17.2 Å². The molecule has 2 rings (SSSR count). The van der Waals surface area contributed by atoms with Gasteiger partial charge in [0.2, 0.25) is 0 Å². The fourth-order valence-electron chi connectivity index (χ4n) is 1.59. The van der Waals surface area contributed by atoms with Crippen molar-refractivity contribution in [1.82, 2.24) is 0 Å². The van der Waals surface area contributed by atoms with Gasteiger partial charge in [-0.05, 0) is 28.5 Å². The predicted octanol–water partition coefficient (Wildman–Crippen LogP) is 2.42. The number of methoxy groups -OCH3 is 1. The summed E-state index contributed by atoms with van der Waals surface area (Å²) in [4.78, 5) is 0. The molecule has 0 fully saturated rings. The number of hydrogen-bond donors (Lipinski definition) is 2. The van der Waals surface area contributed by atoms with Gasteiger partial charge in [0.25, 0.3) is 0 Å². The van der Waals surface area contributed by atoms with E-state index in [0.717, 1.165) is 5.56 Å². The summed E-state index contributed by atoms with van der Waals surface area (Å²) >= 11 is 1.55. The average Bonchev–Trinajstić information content (AvgIpc) is 2.82. The number of aliphatic hydroxyl groups excluding tert-OH is 1. The van der Waals surface area contributed by atoms with Gasteiger partial charge in [-0.15, -0.1) is 0 Å². The van der Waals surface area contributed by atoms with E-state index in [4.69, 9.17) is 10.5 Å². The van der Waals surface area contributed by atoms with Crippen molar-refractivity contribution < 1.29 is 9.84 Å². The van der Waals surface area contributed by atoms with E-state index >= 15 is 0 Å². The lowest BCUT2D eigenvalue weighted by atomic mass is 10.0. The van der Waals surface area contributed by atoms with Crippen molar-refractivity contribution in [3.05, 3.63) is 46.2 Å². The third-order valence-electron chi connectivity index (χ3n) is 2.47. The molecule has 0 bridgehead atoms. The highest BCUT2D eigenvalue weighted by Crippen LogP contribution is 2.33. The summed E-state index contributed by atoms with van der Waals surface area (Å²) in [5.41, 5.74) is 7.94. The first-order valence-electron chi connectivity index (χ1n) is 4.86. The fourth-order valence-corrected chi connectivity index (χ4v) is 2.27. The van der Waals surface area contributed by atoms with Crippen molar-refractivity contribution in [2.24, 2.45) is 0 Å². The number of para-hydroxylation sites is 1. The molecule has 16 heavy (non-hydrogen) atoms. The first kappa shape index (κ1) is 11.0. The highest BCUT2D eigenvalue weighted by atomic mass is 32.1. The van der Waals surface area contributed by atoms with Crippen LogP contribution in [0, 0.1) is 0 Å². The number of thiophene rings is 1. The van der Waals surface area contributed by atoms with Gasteiger partial charge in [-0.2, -0.15) is 11.3 Å². The van der Waals surface area contributed by atoms with Crippen molar-refractivity contribution in [2.45, 2.75) is 6.10 Å². The zero-order chi connectivity index (χ0) is 11.5. The van der Waals surface area contributed by atoms with E-state index in [2.05, 4.69) is 0 Å². The van der Waals surface area contributed by atoms with Crippen LogP contribution in [0.4, 0.5) is 5.69 Å². The van der Waals surface area contributed by atoms with Gasteiger partial charge in [-0.25, -0.2) is 0 Å². The van der Waals surface area contributed by atoms with Gasteiger partial charge in [-0.1, -0.05) is 12.1 Å². The van der Waals surface area contributed by atoms with Gasteiger partial charge in [0.1, 0.15) is 11.9 Å². The lowest BCUT2D eigenvalue weighted by Crippen LogP contribution is -2.04. The molecule has 3 N–H and O–H groups in total. The lowest BCUT2D eigenvalue weighted by molar-refractivity contribution is 0.221. The van der Waals surface area contributed by atoms with E-state index < -0.39 is 6.10 Å². The minimum Gasteiger partial charge on any atom is -0.495 e. The zero-order valence-corrected chi connectivity index (χ0v) is 9.70. The Morgan fingerprint density at radius 1 is 1.38 bits per heavy atom. The van der Waals surface area contributed by atoms with E-state index in [1.54, 1.807) is 30.6 Å². The minimum atomic E-state index is -0.693. The van der Waals surface area contributed by atoms with Gasteiger partial charge in [0, 0.05) is 5.56 Å². The smallest absolute Gasteiger partial charge is 0.142 e. The number of benzene rings is 1. The molecule has 0 amide bonds. The molecular formula is C12H13NO2S. The summed E-state index contributed by atoms with van der Waals surface area (Å²) in [6.45, 7) is 0. The summed E-state index contributed by atoms with van der Waals surface area (Å²) in [5.74, 6) is 0.590. The largest absolute Gasteiger partial charge is 0.495 e. The second-order valence-corrected chi connectivity index (χ2v) is 4.20. The van der Waals surface area contributed by atoms with Crippen LogP contribution >= 0.6 is 11.3 Å². The first-order chi connectivity index (χ1) is 7.74. The number of anilines is 1. The van der Waals surface area contributed by atoms with E-state index in [0.29, 0.717) is 17.0 Å². The van der Waals surface area contributed by atoms with Crippen molar-refractivity contribution in [3.8, 4) is 5.75 Å². The molecule has 0 aliphatic carbocycles. The number of aliphatic hydroxyl groups is 1. The summed E-state index contributed by atoms with van der Waals surface area (Å²) in [6.07, 6.45) is -0.693. The maximum absolute atomic E-state index is 10.2. The summed E-state index contributed by atoms with van der Waals surface area (Å²) in [5, 5.41) is 14.0. The number of ether oxygens (including phenoxy) is 1. The molecule has 84 valence electrons. The van der Waals surface area contributed by atoms with Gasteiger partial charge in [-0.3, -0.25) is 0 Å². The Hall–Kier alpha value is -1.52. The number of nitrogen functional groups attached to an aromatic ring is 1. The van der Waals surface area contributed by atoms with Crippen LogP contribution in [0.15, 0.2) is 35.0 Å². The lowest BCUT2D eigenvalue weighted by Gasteiger charge is -2.14. The molecule has 0 aliphatic heterocycles. The Morgan fingerprint density at radius 3 is 2.81 bits per heavy atom. The van der Waals surface area contributed by atoms with Gasteiger partial charge in [0.15, 0.2) is 0 Å². The third kappa shape index (κ3) is 1.89. The summed E-state index contributed by atoms with van der Waals surface area (Å²) in [7, 11) is 1.56. The molecule has 2 aromatic rings. The maximum Gasteiger partial charge on any atom is 0.142 e. The van der Waals surface area contributed by atoms with Crippen LogP contribution in [0.3, 0.4) is 0 Å². The Kier molecular flexibility index (Phi) is 3.12. The second kappa shape index (κ2) is 4.55. The monoisotopic (exact) mass is 235 g/mol. The molecule has 1 unspecified atom stereocenters. The van der Waals surface area contributed by atoms with Gasteiger partial charge < -0.3 is 15.6 Å². The highest BCUT2D eigenvalue weighted by Gasteiger charge is 2.15. The van der Waals surface area contributed by atoms with E-state index in [9.17, 15) is 5.11 Å². The molecule has 0 radical (unpaired) electrons. The van der Waals surface area contributed by atoms with Crippen molar-refractivity contribution >= 4 is 17.0 Å². The number of rotatable bonds is 3. The molecule has 3 nitrogen and oxygen atoms in total. The van der Waals surface area contributed by atoms with Crippen LogP contribution in [0.2, 0.25) is 0 Å². The average molecular weight is 235 g/mol. The highest BCUT2D eigenvalue weighted by molar-refractivity contribution is 7.07. The fraction of sp³-hybridized carbons (Fsp3) is 0.167. The molecule has 0 spiro atoms. The molecule has 1 heterocycles. The molecule has 1 atom stereocenters. The number of hydrogen-bond acceptors (Lipinski definition) is 4. The second-order valence-electron chi connectivity index (χ2n) is 3.42. The molecular weight excluding hydrogens is 222 g/mol. The quantitative estimate of drug-likeness (QED) is 0.803. The van der Waals surface area contributed by atoms with E-state index in [-0.39, 0.29) is 0 Å². The van der Waals surface area contributed by atoms with Crippen molar-refractivity contribution in [1.29, 1.82) is 0 Å². The Bertz CT molecular complexity index is 468. The van der Waals surface area contributed by atoms with Crippen LogP contribution in [0.25, 0.3) is 0 Å². The van der Waals surface area contributed by atoms with Gasteiger partial charge in [0.05, 0.1) is 12.8 Å². The molecule has 0 saturated carbocycles. The Balaban J connectivity index is 2.41. The minimum absolute atomic E-state index is 0.490.